The van der Waals surface area contributed by atoms with Gasteiger partial charge in [0, 0.05) is 17.3 Å². The molecule has 8 heteroatoms. The van der Waals surface area contributed by atoms with Gasteiger partial charge >= 0.3 is 6.03 Å². The van der Waals surface area contributed by atoms with E-state index in [0.29, 0.717) is 17.3 Å². The second kappa shape index (κ2) is 8.11. The molecule has 21 heavy (non-hydrogen) atoms. The maximum absolute atomic E-state index is 11.6. The van der Waals surface area contributed by atoms with Gasteiger partial charge < -0.3 is 16.4 Å². The van der Waals surface area contributed by atoms with Crippen LogP contribution in [0.2, 0.25) is 5.02 Å². The molecule has 0 heterocycles. The number of rotatable bonds is 6. The first-order valence-electron chi connectivity index (χ1n) is 6.35. The second-order valence-electron chi connectivity index (χ2n) is 4.21. The van der Waals surface area contributed by atoms with E-state index in [2.05, 4.69) is 16.0 Å². The van der Waals surface area contributed by atoms with E-state index >= 15 is 0 Å². The van der Waals surface area contributed by atoms with Gasteiger partial charge in [0.25, 0.3) is 5.91 Å². The predicted octanol–water partition coefficient (Wildman–Crippen LogP) is 1.09. The first kappa shape index (κ1) is 16.8. The molecule has 0 unspecified atom stereocenters. The van der Waals surface area contributed by atoms with E-state index in [1.165, 1.54) is 12.1 Å². The van der Waals surface area contributed by atoms with E-state index in [-0.39, 0.29) is 12.1 Å². The molecule has 1 aromatic rings. The Hall–Kier alpha value is -2.28. The highest BCUT2D eigenvalue weighted by molar-refractivity contribution is 6.31. The van der Waals surface area contributed by atoms with E-state index in [1.54, 1.807) is 6.07 Å². The highest BCUT2D eigenvalue weighted by atomic mass is 35.5. The number of benzene rings is 1. The van der Waals surface area contributed by atoms with Crippen LogP contribution < -0.4 is 21.7 Å². The Labute approximate surface area is 127 Å². The van der Waals surface area contributed by atoms with Crippen LogP contribution in [0.25, 0.3) is 0 Å². The van der Waals surface area contributed by atoms with Crippen LogP contribution in [0.3, 0.4) is 0 Å². The van der Waals surface area contributed by atoms with E-state index in [9.17, 15) is 14.4 Å². The molecule has 0 atom stereocenters. The molecule has 0 spiro atoms. The van der Waals surface area contributed by atoms with Gasteiger partial charge in [0.05, 0.1) is 12.1 Å². The molecular weight excluding hydrogens is 296 g/mol. The molecule has 0 bridgehead atoms. The molecule has 0 radical (unpaired) electrons. The highest BCUT2D eigenvalue weighted by Gasteiger charge is 2.11. The third-order valence-electron chi connectivity index (χ3n) is 2.47. The summed E-state index contributed by atoms with van der Waals surface area (Å²) in [7, 11) is 0. The van der Waals surface area contributed by atoms with Crippen LogP contribution in [-0.4, -0.2) is 30.9 Å². The molecule has 114 valence electrons. The van der Waals surface area contributed by atoms with E-state index < -0.39 is 17.8 Å². The van der Waals surface area contributed by atoms with Crippen molar-refractivity contribution in [3.63, 3.8) is 0 Å². The Morgan fingerprint density at radius 2 is 2.00 bits per heavy atom. The van der Waals surface area contributed by atoms with Gasteiger partial charge in [0.15, 0.2) is 0 Å². The molecule has 0 saturated carbocycles. The maximum Gasteiger partial charge on any atom is 0.321 e. The fraction of sp³-hybridized carbons (Fsp3) is 0.308. The lowest BCUT2D eigenvalue weighted by molar-refractivity contribution is -0.118. The van der Waals surface area contributed by atoms with Gasteiger partial charge in [-0.25, -0.2) is 4.79 Å². The number of hydrogen-bond donors (Lipinski definition) is 4. The normalized spacial score (nSPS) is 9.81. The van der Waals surface area contributed by atoms with Crippen molar-refractivity contribution in [2.24, 2.45) is 5.73 Å². The Balaban J connectivity index is 2.57. The van der Waals surface area contributed by atoms with E-state index in [4.69, 9.17) is 17.3 Å². The molecule has 1 rings (SSSR count). The highest BCUT2D eigenvalue weighted by Crippen LogP contribution is 2.19. The van der Waals surface area contributed by atoms with Gasteiger partial charge in [-0.15, -0.1) is 0 Å². The second-order valence-corrected chi connectivity index (χ2v) is 4.65. The number of halogens is 1. The van der Waals surface area contributed by atoms with Gasteiger partial charge in [-0.05, 0) is 24.6 Å². The molecule has 0 aliphatic rings. The maximum atomic E-state index is 11.6. The lowest BCUT2D eigenvalue weighted by atomic mass is 10.1. The van der Waals surface area contributed by atoms with Crippen LogP contribution in [-0.2, 0) is 4.79 Å². The van der Waals surface area contributed by atoms with Crippen LogP contribution >= 0.6 is 11.6 Å². The van der Waals surface area contributed by atoms with Crippen molar-refractivity contribution >= 4 is 35.1 Å². The zero-order valence-corrected chi connectivity index (χ0v) is 12.3. The fourth-order valence-corrected chi connectivity index (χ4v) is 1.68. The third kappa shape index (κ3) is 5.70. The number of carbonyl (C=O) groups is 3. The minimum atomic E-state index is -0.666. The molecule has 4 amide bonds. The average Bonchev–Trinajstić information content (AvgIpc) is 2.43. The van der Waals surface area contributed by atoms with Crippen molar-refractivity contribution < 1.29 is 14.4 Å². The zero-order chi connectivity index (χ0) is 15.8. The van der Waals surface area contributed by atoms with Gasteiger partial charge in [-0.2, -0.15) is 0 Å². The van der Waals surface area contributed by atoms with Gasteiger partial charge in [-0.1, -0.05) is 18.5 Å². The lowest BCUT2D eigenvalue weighted by Gasteiger charge is -2.10. The van der Waals surface area contributed by atoms with Crippen LogP contribution in [0.4, 0.5) is 10.5 Å². The van der Waals surface area contributed by atoms with E-state index in [0.717, 1.165) is 6.42 Å². The first-order chi connectivity index (χ1) is 9.93. The number of anilines is 1. The summed E-state index contributed by atoms with van der Waals surface area (Å²) in [6.45, 7) is 2.20. The number of imide groups is 1. The van der Waals surface area contributed by atoms with Gasteiger partial charge in [0.1, 0.15) is 0 Å². The Kier molecular flexibility index (Phi) is 6.48. The van der Waals surface area contributed by atoms with Crippen molar-refractivity contribution in [2.45, 2.75) is 13.3 Å². The minimum absolute atomic E-state index is 0.172. The summed E-state index contributed by atoms with van der Waals surface area (Å²) >= 11 is 5.77. The number of nitrogens with two attached hydrogens (primary N) is 1. The molecule has 0 aliphatic heterocycles. The summed E-state index contributed by atoms with van der Waals surface area (Å²) in [5, 5.41) is 7.75. The third-order valence-corrected chi connectivity index (χ3v) is 2.71. The number of urea groups is 1. The van der Waals surface area contributed by atoms with E-state index in [1.807, 2.05) is 6.92 Å². The average molecular weight is 313 g/mol. The lowest BCUT2D eigenvalue weighted by Crippen LogP contribution is -2.42. The Morgan fingerprint density at radius 3 is 2.62 bits per heavy atom. The largest absolute Gasteiger partial charge is 0.375 e. The number of carbonyl (C=O) groups excluding carboxylic acids is 3. The molecule has 7 nitrogen and oxygen atoms in total. The van der Waals surface area contributed by atoms with Gasteiger partial charge in [0.2, 0.25) is 5.91 Å². The number of amides is 4. The minimum Gasteiger partial charge on any atom is -0.375 e. The standard InChI is InChI=1S/C13H17ClN4O3/c1-2-5-16-13(21)18-11(19)7-17-10-4-3-8(14)6-9(10)12(15)20/h3-4,6,17H,2,5,7H2,1H3,(H2,15,20)(H2,16,18,19,21). The number of nitrogens with one attached hydrogen (secondary N) is 3. The molecular formula is C13H17ClN4O3. The van der Waals surface area contributed by atoms with Crippen molar-refractivity contribution in [3.05, 3.63) is 28.8 Å². The Bertz CT molecular complexity index is 548. The van der Waals surface area contributed by atoms with Crippen molar-refractivity contribution in [1.82, 2.24) is 10.6 Å². The first-order valence-corrected chi connectivity index (χ1v) is 6.72. The van der Waals surface area contributed by atoms with Crippen molar-refractivity contribution in [1.29, 1.82) is 0 Å². The summed E-state index contributed by atoms with van der Waals surface area (Å²) in [6, 6.07) is 3.93. The fourth-order valence-electron chi connectivity index (χ4n) is 1.50. The van der Waals surface area contributed by atoms with Crippen LogP contribution in [0.5, 0.6) is 0 Å². The Morgan fingerprint density at radius 1 is 1.29 bits per heavy atom. The van der Waals surface area contributed by atoms with Crippen molar-refractivity contribution in [3.8, 4) is 0 Å². The summed E-state index contributed by atoms with van der Waals surface area (Å²) in [5.74, 6) is -1.20. The molecule has 0 fully saturated rings. The van der Waals surface area contributed by atoms with Crippen molar-refractivity contribution in [2.75, 3.05) is 18.4 Å². The SMILES string of the molecule is CCCNC(=O)NC(=O)CNc1ccc(Cl)cc1C(N)=O. The zero-order valence-electron chi connectivity index (χ0n) is 11.5. The summed E-state index contributed by atoms with van der Waals surface area (Å²) in [4.78, 5) is 34.1. The summed E-state index contributed by atoms with van der Waals surface area (Å²) in [5.41, 5.74) is 5.77. The number of primary amides is 1. The quantitative estimate of drug-likeness (QED) is 0.629. The summed E-state index contributed by atoms with van der Waals surface area (Å²) in [6.07, 6.45) is 0.770. The topological polar surface area (TPSA) is 113 Å². The molecule has 1 aromatic carbocycles. The molecule has 0 aliphatic carbocycles. The smallest absolute Gasteiger partial charge is 0.321 e. The molecule has 0 aromatic heterocycles. The van der Waals surface area contributed by atoms with Crippen LogP contribution in [0.15, 0.2) is 18.2 Å². The summed E-state index contributed by atoms with van der Waals surface area (Å²) < 4.78 is 0. The predicted molar refractivity (Wildman–Crippen MR) is 80.3 cm³/mol. The molecule has 0 saturated heterocycles. The van der Waals surface area contributed by atoms with Gasteiger partial charge in [-0.3, -0.25) is 14.9 Å². The van der Waals surface area contributed by atoms with Crippen LogP contribution in [0.1, 0.15) is 23.7 Å². The number of hydrogen-bond acceptors (Lipinski definition) is 4. The monoisotopic (exact) mass is 312 g/mol. The molecule has 5 N–H and O–H groups in total. The van der Waals surface area contributed by atoms with Crippen LogP contribution in [0, 0.1) is 0 Å².